The molecule has 49 heavy (non-hydrogen) atoms. The molecular formula is C36H43N3O8S2. The summed E-state index contributed by atoms with van der Waals surface area (Å²) in [6, 6.07) is 10.1. The predicted octanol–water partition coefficient (Wildman–Crippen LogP) is 4.89. The molecule has 2 heterocycles. The maximum absolute atomic E-state index is 13.5. The van der Waals surface area contributed by atoms with Gasteiger partial charge in [0.15, 0.2) is 0 Å². The summed E-state index contributed by atoms with van der Waals surface area (Å²) in [7, 11) is 0. The van der Waals surface area contributed by atoms with Gasteiger partial charge in [-0.05, 0) is 62.1 Å². The Morgan fingerprint density at radius 2 is 1.47 bits per heavy atom. The number of furan rings is 1. The molecule has 4 aromatic rings. The van der Waals surface area contributed by atoms with Crippen molar-refractivity contribution < 1.29 is 33.1 Å². The second kappa shape index (κ2) is 16.9. The fraction of sp³-hybridized carbons (Fsp3) is 0.417. The molecular weight excluding hydrogens is 667 g/mol. The number of benzene rings is 2. The Kier molecular flexibility index (Phi) is 13.0. The lowest BCUT2D eigenvalue weighted by atomic mass is 10.0. The summed E-state index contributed by atoms with van der Waals surface area (Å²) >= 11 is 2.76. The van der Waals surface area contributed by atoms with E-state index in [1.807, 2.05) is 57.2 Å². The molecule has 13 heteroatoms. The zero-order chi connectivity index (χ0) is 35.8. The van der Waals surface area contributed by atoms with Gasteiger partial charge in [0, 0.05) is 46.1 Å². The van der Waals surface area contributed by atoms with Crippen LogP contribution in [0.3, 0.4) is 0 Å². The van der Waals surface area contributed by atoms with Gasteiger partial charge in [-0.1, -0.05) is 44.2 Å². The van der Waals surface area contributed by atoms with Gasteiger partial charge in [0.05, 0.1) is 0 Å². The lowest BCUT2D eigenvalue weighted by molar-refractivity contribution is -0.143. The first kappa shape index (κ1) is 37.6. The number of amides is 3. The molecule has 2 aromatic heterocycles. The van der Waals surface area contributed by atoms with Gasteiger partial charge >= 0.3 is 11.6 Å². The number of carboxylic acids is 1. The summed E-state index contributed by atoms with van der Waals surface area (Å²) < 4.78 is 11.4. The normalized spacial score (nSPS) is 13.3. The number of carbonyl (C=O) groups excluding carboxylic acids is 3. The molecule has 0 saturated heterocycles. The minimum absolute atomic E-state index is 0.0765. The van der Waals surface area contributed by atoms with Crippen LogP contribution in [0.1, 0.15) is 48.3 Å². The first-order valence-corrected chi connectivity index (χ1v) is 18.5. The highest BCUT2D eigenvalue weighted by Gasteiger charge is 2.31. The Labute approximate surface area is 293 Å². The van der Waals surface area contributed by atoms with E-state index in [2.05, 4.69) is 16.0 Å². The van der Waals surface area contributed by atoms with Crippen molar-refractivity contribution in [1.82, 2.24) is 16.0 Å². The number of rotatable bonds is 16. The maximum atomic E-state index is 13.5. The second-order valence-corrected chi connectivity index (χ2v) is 14.3. The van der Waals surface area contributed by atoms with Gasteiger partial charge < -0.3 is 29.9 Å². The number of hydrogen-bond donors (Lipinski definition) is 4. The number of carboxylic acid groups (broad SMARTS) is 1. The number of carbonyl (C=O) groups is 4. The van der Waals surface area contributed by atoms with Crippen LogP contribution in [0, 0.1) is 26.7 Å². The minimum atomic E-state index is -1.17. The molecule has 3 amide bonds. The summed E-state index contributed by atoms with van der Waals surface area (Å²) in [4.78, 5) is 64.7. The van der Waals surface area contributed by atoms with Crippen molar-refractivity contribution in [2.45, 2.75) is 71.3 Å². The molecule has 0 aliphatic rings. The van der Waals surface area contributed by atoms with Crippen molar-refractivity contribution in [2.75, 3.05) is 17.8 Å². The molecule has 11 nitrogen and oxygen atoms in total. The van der Waals surface area contributed by atoms with Crippen LogP contribution >= 0.6 is 23.5 Å². The lowest BCUT2D eigenvalue weighted by Crippen LogP contribution is -2.57. The van der Waals surface area contributed by atoms with Gasteiger partial charge in [-0.3, -0.25) is 14.4 Å². The molecule has 2 aromatic carbocycles. The van der Waals surface area contributed by atoms with Crippen molar-refractivity contribution in [2.24, 2.45) is 5.92 Å². The average Bonchev–Trinajstić information content (AvgIpc) is 3.33. The molecule has 0 radical (unpaired) electrons. The van der Waals surface area contributed by atoms with Crippen molar-refractivity contribution in [3.63, 3.8) is 0 Å². The summed E-state index contributed by atoms with van der Waals surface area (Å²) in [6.07, 6.45) is 1.81. The van der Waals surface area contributed by atoms with Crippen LogP contribution in [0.4, 0.5) is 0 Å². The van der Waals surface area contributed by atoms with Crippen molar-refractivity contribution in [3.05, 3.63) is 80.9 Å². The van der Waals surface area contributed by atoms with E-state index in [9.17, 15) is 29.1 Å². The standard InChI is InChI=1S/C36H43N3O8S2/c1-19(2)32(35(43)44)39-34(42)28(18-49-16-23-10-8-7-9-11-23)38-33(41)27(17-48-6)37-31(40)13-12-24-21(4)26-14-25-20(3)22(5)46-29(25)15-30(26)47-36(24)45/h7-11,14-15,19,27-28,32H,12-13,16-18H2,1-6H3,(H,37,40)(H,38,41)(H,39,42)(H,43,44)/t27-,28-,32-/m1/s1. The van der Waals surface area contributed by atoms with Gasteiger partial charge in [-0.2, -0.15) is 23.5 Å². The fourth-order valence-corrected chi connectivity index (χ4v) is 7.04. The monoisotopic (exact) mass is 709 g/mol. The van der Waals surface area contributed by atoms with Crippen molar-refractivity contribution >= 4 is 69.2 Å². The summed E-state index contributed by atoms with van der Waals surface area (Å²) in [5, 5.41) is 19.3. The van der Waals surface area contributed by atoms with E-state index in [1.165, 1.54) is 23.5 Å². The molecule has 4 N–H and O–H groups in total. The number of nitrogens with one attached hydrogen (secondary N) is 3. The second-order valence-electron chi connectivity index (χ2n) is 12.3. The summed E-state index contributed by atoms with van der Waals surface area (Å²) in [5.41, 5.74) is 3.60. The fourth-order valence-electron chi connectivity index (χ4n) is 5.46. The molecule has 0 spiro atoms. The number of hydrogen-bond acceptors (Lipinski definition) is 9. The third-order valence-corrected chi connectivity index (χ3v) is 10.2. The lowest BCUT2D eigenvalue weighted by Gasteiger charge is -2.25. The van der Waals surface area contributed by atoms with Crippen LogP contribution in [-0.2, 0) is 31.4 Å². The smallest absolute Gasteiger partial charge is 0.339 e. The van der Waals surface area contributed by atoms with E-state index in [0.717, 1.165) is 27.7 Å². The first-order chi connectivity index (χ1) is 23.3. The van der Waals surface area contributed by atoms with E-state index < -0.39 is 47.4 Å². The third kappa shape index (κ3) is 9.48. The van der Waals surface area contributed by atoms with Crippen LogP contribution in [0.15, 0.2) is 56.1 Å². The third-order valence-electron chi connectivity index (χ3n) is 8.43. The highest BCUT2D eigenvalue weighted by molar-refractivity contribution is 7.98. The quantitative estimate of drug-likeness (QED) is 0.118. The zero-order valence-corrected chi connectivity index (χ0v) is 30.1. The van der Waals surface area contributed by atoms with E-state index in [1.54, 1.807) is 26.2 Å². The van der Waals surface area contributed by atoms with Crippen LogP contribution in [-0.4, -0.2) is 64.7 Å². The van der Waals surface area contributed by atoms with E-state index in [-0.39, 0.29) is 30.3 Å². The van der Waals surface area contributed by atoms with Gasteiger partial charge in [-0.15, -0.1) is 0 Å². The molecule has 262 valence electrons. The van der Waals surface area contributed by atoms with Gasteiger partial charge in [0.25, 0.3) is 0 Å². The van der Waals surface area contributed by atoms with Gasteiger partial charge in [-0.25, -0.2) is 9.59 Å². The van der Waals surface area contributed by atoms with E-state index in [4.69, 9.17) is 8.83 Å². The molecule has 3 atom stereocenters. The van der Waals surface area contributed by atoms with E-state index >= 15 is 0 Å². The largest absolute Gasteiger partial charge is 0.480 e. The topological polar surface area (TPSA) is 168 Å². The van der Waals surface area contributed by atoms with Crippen molar-refractivity contribution in [3.8, 4) is 0 Å². The Balaban J connectivity index is 1.46. The number of fused-ring (bicyclic) bond motifs is 2. The van der Waals surface area contributed by atoms with Crippen LogP contribution in [0.5, 0.6) is 0 Å². The molecule has 0 saturated carbocycles. The Morgan fingerprint density at radius 1 is 0.837 bits per heavy atom. The molecule has 0 bridgehead atoms. The molecule has 0 fully saturated rings. The Bertz CT molecular complexity index is 1890. The molecule has 0 unspecified atom stereocenters. The SMILES string of the molecule is CSC[C@@H](NC(=O)CCc1c(C)c2cc3c(C)c(C)oc3cc2oc1=O)C(=O)N[C@H](CSCc1ccccc1)C(=O)N[C@@H](C(=O)O)C(C)C. The Hall–Kier alpha value is -4.23. The van der Waals surface area contributed by atoms with Gasteiger partial charge in [0.2, 0.25) is 17.7 Å². The highest BCUT2D eigenvalue weighted by Crippen LogP contribution is 2.31. The van der Waals surface area contributed by atoms with Crippen LogP contribution in [0.25, 0.3) is 21.9 Å². The van der Waals surface area contributed by atoms with Crippen molar-refractivity contribution in [1.29, 1.82) is 0 Å². The number of thioether (sulfide) groups is 2. The molecule has 0 aliphatic heterocycles. The van der Waals surface area contributed by atoms with Crippen LogP contribution in [0.2, 0.25) is 0 Å². The van der Waals surface area contributed by atoms with Crippen LogP contribution < -0.4 is 21.6 Å². The van der Waals surface area contributed by atoms with E-state index in [0.29, 0.717) is 28.0 Å². The zero-order valence-electron chi connectivity index (χ0n) is 28.5. The molecule has 4 rings (SSSR count). The number of aryl methyl sites for hydroxylation is 3. The molecule has 0 aliphatic carbocycles. The first-order valence-electron chi connectivity index (χ1n) is 16.0. The Morgan fingerprint density at radius 3 is 2.12 bits per heavy atom. The summed E-state index contributed by atoms with van der Waals surface area (Å²) in [5.74, 6) is -1.44. The minimum Gasteiger partial charge on any atom is -0.480 e. The highest BCUT2D eigenvalue weighted by atomic mass is 32.2. The summed E-state index contributed by atoms with van der Waals surface area (Å²) in [6.45, 7) is 9.03. The number of aliphatic carboxylic acids is 1. The predicted molar refractivity (Wildman–Crippen MR) is 194 cm³/mol. The maximum Gasteiger partial charge on any atom is 0.339 e. The average molecular weight is 710 g/mol. The van der Waals surface area contributed by atoms with Gasteiger partial charge in [0.1, 0.15) is 35.1 Å².